The Hall–Kier alpha value is -3.25. The Kier molecular flexibility index (Phi) is 8.77. The lowest BCUT2D eigenvalue weighted by Crippen LogP contribution is -2.36. The largest absolute Gasteiger partial charge is 0.869 e. The molecule has 1 heterocycles. The van der Waals surface area contributed by atoms with Crippen LogP contribution in [0, 0.1) is 0 Å². The Balaban J connectivity index is 1.65. The number of methoxy groups -OCH3 is 3. The zero-order valence-corrected chi connectivity index (χ0v) is 21.4. The molecule has 0 aliphatic rings. The zero-order valence-electron chi connectivity index (χ0n) is 19.0. The number of amides is 1. The lowest BCUT2D eigenvalue weighted by atomic mass is 10.2. The van der Waals surface area contributed by atoms with Crippen molar-refractivity contribution >= 4 is 39.8 Å². The monoisotopic (exact) mass is 549 g/mol. The summed E-state index contributed by atoms with van der Waals surface area (Å²) in [5, 5.41) is 23.9. The van der Waals surface area contributed by atoms with Gasteiger partial charge in [-0.05, 0) is 54.6 Å². The lowest BCUT2D eigenvalue weighted by molar-refractivity contribution is -0.719. The van der Waals surface area contributed by atoms with Gasteiger partial charge in [0.05, 0.1) is 50.5 Å². The van der Waals surface area contributed by atoms with Crippen LogP contribution in [-0.4, -0.2) is 49.4 Å². The van der Waals surface area contributed by atoms with E-state index in [1.807, 2.05) is 29.7 Å². The van der Waals surface area contributed by atoms with E-state index in [0.717, 1.165) is 11.4 Å². The summed E-state index contributed by atoms with van der Waals surface area (Å²) < 4.78 is 18.0. The number of halogens is 1. The summed E-state index contributed by atoms with van der Waals surface area (Å²) in [5.41, 5.74) is 3.95. The van der Waals surface area contributed by atoms with Gasteiger partial charge in [-0.1, -0.05) is 21.7 Å². The Labute approximate surface area is 209 Å². The van der Waals surface area contributed by atoms with Gasteiger partial charge >= 0.3 is 5.16 Å². The predicted octanol–water partition coefficient (Wildman–Crippen LogP) is 2.49. The number of hydrogen-bond acceptors (Lipinski definition) is 8. The Bertz CT molecular complexity index is 1200. The maximum Gasteiger partial charge on any atom is 0.337 e. The molecule has 3 aromatic rings. The summed E-state index contributed by atoms with van der Waals surface area (Å²) in [6, 6.07) is 8.73. The van der Waals surface area contributed by atoms with Gasteiger partial charge in [0.15, 0.2) is 11.5 Å². The average molecular weight is 550 g/mol. The van der Waals surface area contributed by atoms with Gasteiger partial charge < -0.3 is 19.3 Å². The summed E-state index contributed by atoms with van der Waals surface area (Å²) in [7, 11) is 4.58. The molecule has 0 aliphatic carbocycles. The molecule has 2 N–H and O–H groups in total. The van der Waals surface area contributed by atoms with E-state index in [4.69, 9.17) is 14.2 Å². The van der Waals surface area contributed by atoms with E-state index >= 15 is 0 Å². The number of rotatable bonds is 10. The second-order valence-electron chi connectivity index (χ2n) is 6.78. The maximum absolute atomic E-state index is 12.3. The Morgan fingerprint density at radius 2 is 1.94 bits per heavy atom. The zero-order chi connectivity index (χ0) is 24.7. The van der Waals surface area contributed by atoms with E-state index in [9.17, 15) is 9.90 Å². The van der Waals surface area contributed by atoms with E-state index in [1.165, 1.54) is 25.1 Å². The van der Waals surface area contributed by atoms with Gasteiger partial charge in [-0.25, -0.2) is 9.99 Å². The number of H-pyrrole nitrogens is 1. The van der Waals surface area contributed by atoms with E-state index < -0.39 is 0 Å². The summed E-state index contributed by atoms with van der Waals surface area (Å²) in [5.74, 6) is 1.77. The van der Waals surface area contributed by atoms with Crippen LogP contribution >= 0.6 is 27.7 Å². The van der Waals surface area contributed by atoms with E-state index in [2.05, 4.69) is 36.7 Å². The van der Waals surface area contributed by atoms with Crippen molar-refractivity contribution in [1.82, 2.24) is 15.6 Å². The number of nitrogens with one attached hydrogen (secondary N) is 2. The minimum absolute atomic E-state index is 0.111. The highest BCUT2D eigenvalue weighted by atomic mass is 79.9. The highest BCUT2D eigenvalue weighted by Gasteiger charge is 2.22. The number of aromatic nitrogens is 3. The van der Waals surface area contributed by atoms with Gasteiger partial charge in [0.2, 0.25) is 0 Å². The third kappa shape index (κ3) is 5.81. The Morgan fingerprint density at radius 1 is 1.21 bits per heavy atom. The van der Waals surface area contributed by atoms with Gasteiger partial charge in [0.1, 0.15) is 5.75 Å². The highest BCUT2D eigenvalue weighted by molar-refractivity contribution is 9.10. The molecule has 0 fully saturated rings. The molecule has 0 radical (unpaired) electrons. The average Bonchev–Trinajstić information content (AvgIpc) is 3.27. The number of nitrogens with zero attached hydrogens (tertiary/aromatic N) is 3. The number of carbonyl (C=O) groups excluding carboxylic acids is 1. The second-order valence-corrected chi connectivity index (χ2v) is 8.58. The minimum atomic E-state index is -0.300. The molecule has 2 aromatic carbocycles. The molecule has 0 spiro atoms. The molecule has 0 atom stereocenters. The second kappa shape index (κ2) is 11.7. The third-order valence-electron chi connectivity index (χ3n) is 4.72. The molecule has 12 heteroatoms. The first kappa shape index (κ1) is 25.4. The normalized spacial score (nSPS) is 11.0. The number of hydrazone groups is 1. The van der Waals surface area contributed by atoms with Crippen molar-refractivity contribution in [1.29, 1.82) is 0 Å². The number of thioether (sulfide) groups is 1. The highest BCUT2D eigenvalue weighted by Crippen LogP contribution is 2.32. The van der Waals surface area contributed by atoms with Crippen LogP contribution in [0.15, 0.2) is 45.1 Å². The molecule has 0 saturated carbocycles. The van der Waals surface area contributed by atoms with Crippen LogP contribution < -0.4 is 29.3 Å². The van der Waals surface area contributed by atoms with E-state index in [-0.39, 0.29) is 23.2 Å². The minimum Gasteiger partial charge on any atom is -0.869 e. The van der Waals surface area contributed by atoms with E-state index in [1.54, 1.807) is 26.4 Å². The lowest BCUT2D eigenvalue weighted by Gasteiger charge is -2.14. The van der Waals surface area contributed by atoms with Crippen molar-refractivity contribution in [3.05, 3.63) is 40.4 Å². The SMILES string of the molecule is CC[n+]1c(SCC(=O)NN=Cc2cc(Br)c([O-])c(OC)c2)n[nH]c1-c1ccc(OC)c(OC)c1. The summed E-state index contributed by atoms with van der Waals surface area (Å²) in [4.78, 5) is 12.3. The van der Waals surface area contributed by atoms with Crippen LogP contribution in [0.1, 0.15) is 12.5 Å². The predicted molar refractivity (Wildman–Crippen MR) is 130 cm³/mol. The van der Waals surface area contributed by atoms with Gasteiger partial charge in [-0.3, -0.25) is 4.79 Å². The van der Waals surface area contributed by atoms with Gasteiger partial charge in [0, 0.05) is 4.47 Å². The van der Waals surface area contributed by atoms with Gasteiger partial charge in [-0.2, -0.15) is 5.10 Å². The number of benzene rings is 2. The molecular formula is C22H24BrN5O5S. The number of ether oxygens (including phenoxy) is 3. The van der Waals surface area contributed by atoms with Crippen LogP contribution in [0.2, 0.25) is 0 Å². The van der Waals surface area contributed by atoms with E-state index in [0.29, 0.717) is 33.2 Å². The molecule has 0 aliphatic heterocycles. The van der Waals surface area contributed by atoms with Gasteiger partial charge in [0.25, 0.3) is 11.7 Å². The fraction of sp³-hybridized carbons (Fsp3) is 0.273. The number of hydrogen-bond donors (Lipinski definition) is 2. The summed E-state index contributed by atoms with van der Waals surface area (Å²) in [6.07, 6.45) is 1.44. The van der Waals surface area contributed by atoms with Crippen molar-refractivity contribution in [3.8, 4) is 34.4 Å². The standard InChI is InChI=1S/C22H24BrN5O5S/c1-5-28-21(14-6-7-16(31-2)17(10-14)32-3)26-27-22(28)34-12-19(29)25-24-11-13-8-15(23)20(30)18(9-13)33-4/h6-11H,5,12H2,1-4H3,(H2,24,25,29,30). The first-order valence-electron chi connectivity index (χ1n) is 10.1. The van der Waals surface area contributed by atoms with Crippen LogP contribution in [-0.2, 0) is 11.3 Å². The first-order chi connectivity index (χ1) is 16.4. The molecule has 0 bridgehead atoms. The summed E-state index contributed by atoms with van der Waals surface area (Å²) in [6.45, 7) is 2.64. The number of aromatic amines is 1. The maximum atomic E-state index is 12.3. The first-order valence-corrected chi connectivity index (χ1v) is 11.9. The van der Waals surface area contributed by atoms with Crippen molar-refractivity contribution in [2.24, 2.45) is 5.10 Å². The smallest absolute Gasteiger partial charge is 0.337 e. The molecule has 10 nitrogen and oxygen atoms in total. The molecule has 0 saturated heterocycles. The van der Waals surface area contributed by atoms with Gasteiger partial charge in [-0.15, -0.1) is 5.10 Å². The van der Waals surface area contributed by atoms with Crippen LogP contribution in [0.3, 0.4) is 0 Å². The molecule has 1 amide bonds. The van der Waals surface area contributed by atoms with Crippen LogP contribution in [0.25, 0.3) is 11.4 Å². The fourth-order valence-electron chi connectivity index (χ4n) is 3.08. The van der Waals surface area contributed by atoms with Crippen molar-refractivity contribution in [3.63, 3.8) is 0 Å². The topological polar surface area (TPSA) is 125 Å². The van der Waals surface area contributed by atoms with Crippen molar-refractivity contribution < 1.29 is 28.7 Å². The van der Waals surface area contributed by atoms with Crippen molar-refractivity contribution in [2.45, 2.75) is 18.6 Å². The quantitative estimate of drug-likeness (QED) is 0.172. The molecule has 180 valence electrons. The van der Waals surface area contributed by atoms with Crippen LogP contribution in [0.5, 0.6) is 23.0 Å². The molecule has 3 rings (SSSR count). The Morgan fingerprint density at radius 3 is 2.62 bits per heavy atom. The molecule has 34 heavy (non-hydrogen) atoms. The van der Waals surface area contributed by atoms with Crippen molar-refractivity contribution in [2.75, 3.05) is 27.1 Å². The van der Waals surface area contributed by atoms with Crippen LogP contribution in [0.4, 0.5) is 0 Å². The summed E-state index contributed by atoms with van der Waals surface area (Å²) >= 11 is 4.47. The fourth-order valence-corrected chi connectivity index (χ4v) is 4.35. The number of carbonyl (C=O) groups is 1. The third-order valence-corrected chi connectivity index (χ3v) is 6.28. The molecule has 0 unspecified atom stereocenters. The molecular weight excluding hydrogens is 526 g/mol. The molecule has 1 aromatic heterocycles.